The molecule has 2 aromatic rings. The molecule has 21 heavy (non-hydrogen) atoms. The summed E-state index contributed by atoms with van der Waals surface area (Å²) in [7, 11) is 0. The van der Waals surface area contributed by atoms with E-state index in [4.69, 9.17) is 0 Å². The highest BCUT2D eigenvalue weighted by Gasteiger charge is 2.23. The van der Waals surface area contributed by atoms with Crippen LogP contribution in [-0.4, -0.2) is 11.9 Å². The van der Waals surface area contributed by atoms with Crippen molar-refractivity contribution in [2.75, 3.05) is 5.32 Å². The third-order valence-electron chi connectivity index (χ3n) is 4.17. The maximum absolute atomic E-state index is 12.4. The topological polar surface area (TPSA) is 41.1 Å². The van der Waals surface area contributed by atoms with Crippen LogP contribution in [0.4, 0.5) is 5.69 Å². The van der Waals surface area contributed by atoms with Gasteiger partial charge in [-0.05, 0) is 54.7 Å². The summed E-state index contributed by atoms with van der Waals surface area (Å²) in [6.45, 7) is 4.88. The average molecular weight is 280 g/mol. The molecule has 1 amide bonds. The van der Waals surface area contributed by atoms with Gasteiger partial charge in [0.1, 0.15) is 0 Å². The number of nitrogens with one attached hydrogen (secondary N) is 2. The maximum atomic E-state index is 12.4. The molecule has 1 aliphatic rings. The van der Waals surface area contributed by atoms with E-state index in [9.17, 15) is 4.79 Å². The van der Waals surface area contributed by atoms with Crippen molar-refractivity contribution in [3.05, 3.63) is 64.7 Å². The van der Waals surface area contributed by atoms with Gasteiger partial charge in [0.05, 0.1) is 6.04 Å². The second-order valence-corrected chi connectivity index (χ2v) is 5.69. The molecule has 0 unspecified atom stereocenters. The van der Waals surface area contributed by atoms with Gasteiger partial charge in [0.2, 0.25) is 5.91 Å². The van der Waals surface area contributed by atoms with E-state index in [0.29, 0.717) is 0 Å². The Morgan fingerprint density at radius 1 is 1.10 bits per heavy atom. The molecule has 3 rings (SSSR count). The van der Waals surface area contributed by atoms with Crippen LogP contribution in [0.5, 0.6) is 0 Å². The number of benzene rings is 2. The minimum Gasteiger partial charge on any atom is -0.325 e. The summed E-state index contributed by atoms with van der Waals surface area (Å²) >= 11 is 0. The molecule has 0 fully saturated rings. The van der Waals surface area contributed by atoms with Gasteiger partial charge in [-0.15, -0.1) is 0 Å². The number of carbonyl (C=O) groups excluding carboxylic acids is 1. The zero-order chi connectivity index (χ0) is 14.8. The lowest BCUT2D eigenvalue weighted by molar-refractivity contribution is -0.118. The van der Waals surface area contributed by atoms with E-state index in [1.807, 2.05) is 30.3 Å². The summed E-state index contributed by atoms with van der Waals surface area (Å²) in [5.74, 6) is 0.0350. The van der Waals surface area contributed by atoms with E-state index in [2.05, 4.69) is 36.6 Å². The molecule has 1 heterocycles. The summed E-state index contributed by atoms with van der Waals surface area (Å²) in [5, 5.41) is 6.32. The largest absolute Gasteiger partial charge is 0.325 e. The fourth-order valence-electron chi connectivity index (χ4n) is 2.69. The summed E-state index contributed by atoms with van der Waals surface area (Å²) in [6, 6.07) is 14.1. The van der Waals surface area contributed by atoms with Crippen molar-refractivity contribution in [2.24, 2.45) is 0 Å². The van der Waals surface area contributed by atoms with Crippen LogP contribution < -0.4 is 10.6 Å². The number of amides is 1. The van der Waals surface area contributed by atoms with Crippen LogP contribution in [0.15, 0.2) is 42.5 Å². The third kappa shape index (κ3) is 2.98. The van der Waals surface area contributed by atoms with Crippen molar-refractivity contribution in [3.8, 4) is 0 Å². The van der Waals surface area contributed by atoms with Crippen molar-refractivity contribution in [1.82, 2.24) is 5.32 Å². The van der Waals surface area contributed by atoms with Crippen molar-refractivity contribution in [3.63, 3.8) is 0 Å². The Bertz CT molecular complexity index is 679. The number of hydrogen-bond donors (Lipinski definition) is 2. The van der Waals surface area contributed by atoms with Crippen LogP contribution in [0.3, 0.4) is 0 Å². The molecule has 1 aliphatic heterocycles. The Balaban J connectivity index is 1.70. The highest BCUT2D eigenvalue weighted by Crippen LogP contribution is 2.18. The van der Waals surface area contributed by atoms with Gasteiger partial charge in [-0.2, -0.15) is 0 Å². The minimum atomic E-state index is -0.165. The average Bonchev–Trinajstić information content (AvgIpc) is 2.50. The monoisotopic (exact) mass is 280 g/mol. The van der Waals surface area contributed by atoms with Crippen LogP contribution in [0.25, 0.3) is 0 Å². The highest BCUT2D eigenvalue weighted by atomic mass is 16.2. The quantitative estimate of drug-likeness (QED) is 0.888. The number of hydrogen-bond acceptors (Lipinski definition) is 2. The normalized spacial score (nSPS) is 17.1. The van der Waals surface area contributed by atoms with E-state index in [0.717, 1.165) is 18.7 Å². The first-order valence-electron chi connectivity index (χ1n) is 7.32. The highest BCUT2D eigenvalue weighted by molar-refractivity contribution is 5.95. The number of fused-ring (bicyclic) bond motifs is 1. The first-order chi connectivity index (χ1) is 10.1. The zero-order valence-corrected chi connectivity index (χ0v) is 12.4. The number of carbonyl (C=O) groups is 1. The summed E-state index contributed by atoms with van der Waals surface area (Å²) in [6.07, 6.45) is 0.743. The Morgan fingerprint density at radius 2 is 1.86 bits per heavy atom. The van der Waals surface area contributed by atoms with Crippen molar-refractivity contribution in [2.45, 2.75) is 32.9 Å². The molecule has 0 spiro atoms. The SMILES string of the molecule is Cc1ccc(NC(=O)[C@H]2Cc3ccccc3CN2)cc1C. The Hall–Kier alpha value is -2.13. The maximum Gasteiger partial charge on any atom is 0.241 e. The molecular formula is C18H20N2O. The van der Waals surface area contributed by atoms with Gasteiger partial charge in [0, 0.05) is 12.2 Å². The van der Waals surface area contributed by atoms with Gasteiger partial charge < -0.3 is 10.6 Å². The third-order valence-corrected chi connectivity index (χ3v) is 4.17. The first-order valence-corrected chi connectivity index (χ1v) is 7.32. The number of rotatable bonds is 2. The second-order valence-electron chi connectivity index (χ2n) is 5.69. The van der Waals surface area contributed by atoms with E-state index in [1.54, 1.807) is 0 Å². The Labute approximate surface area is 125 Å². The van der Waals surface area contributed by atoms with E-state index in [-0.39, 0.29) is 11.9 Å². The molecule has 0 radical (unpaired) electrons. The second kappa shape index (κ2) is 5.70. The molecule has 0 bridgehead atoms. The van der Waals surface area contributed by atoms with Crippen LogP contribution >= 0.6 is 0 Å². The molecule has 0 saturated heterocycles. The fourth-order valence-corrected chi connectivity index (χ4v) is 2.69. The summed E-state index contributed by atoms with van der Waals surface area (Å²) in [5.41, 5.74) is 5.83. The van der Waals surface area contributed by atoms with Crippen LogP contribution in [0, 0.1) is 13.8 Å². The predicted molar refractivity (Wildman–Crippen MR) is 85.3 cm³/mol. The van der Waals surface area contributed by atoms with Crippen molar-refractivity contribution >= 4 is 11.6 Å². The molecular weight excluding hydrogens is 260 g/mol. The molecule has 2 N–H and O–H groups in total. The predicted octanol–water partition coefficient (Wildman–Crippen LogP) is 2.96. The van der Waals surface area contributed by atoms with Crippen molar-refractivity contribution < 1.29 is 4.79 Å². The molecule has 108 valence electrons. The van der Waals surface area contributed by atoms with Gasteiger partial charge in [0.25, 0.3) is 0 Å². The van der Waals surface area contributed by atoms with E-state index >= 15 is 0 Å². The first kappa shape index (κ1) is 13.8. The van der Waals surface area contributed by atoms with E-state index < -0.39 is 0 Å². The smallest absolute Gasteiger partial charge is 0.241 e. The van der Waals surface area contributed by atoms with Crippen LogP contribution in [0.2, 0.25) is 0 Å². The van der Waals surface area contributed by atoms with Crippen LogP contribution in [-0.2, 0) is 17.8 Å². The van der Waals surface area contributed by atoms with Gasteiger partial charge in [-0.1, -0.05) is 30.3 Å². The number of aryl methyl sites for hydroxylation is 2. The molecule has 0 aromatic heterocycles. The molecule has 3 heteroatoms. The van der Waals surface area contributed by atoms with Gasteiger partial charge in [-0.3, -0.25) is 4.79 Å². The Kier molecular flexibility index (Phi) is 3.76. The van der Waals surface area contributed by atoms with E-state index in [1.165, 1.54) is 22.3 Å². The van der Waals surface area contributed by atoms with Gasteiger partial charge in [0.15, 0.2) is 0 Å². The zero-order valence-electron chi connectivity index (χ0n) is 12.4. The molecule has 1 atom stereocenters. The standard InChI is InChI=1S/C18H20N2O/c1-12-7-8-16(9-13(12)2)20-18(21)17-10-14-5-3-4-6-15(14)11-19-17/h3-9,17,19H,10-11H2,1-2H3,(H,20,21)/t17-/m1/s1. The molecule has 3 nitrogen and oxygen atoms in total. The molecule has 0 saturated carbocycles. The summed E-state index contributed by atoms with van der Waals surface area (Å²) < 4.78 is 0. The lowest BCUT2D eigenvalue weighted by atomic mass is 9.95. The minimum absolute atomic E-state index is 0.0350. The molecule has 0 aliphatic carbocycles. The van der Waals surface area contributed by atoms with Crippen LogP contribution in [0.1, 0.15) is 22.3 Å². The summed E-state index contributed by atoms with van der Waals surface area (Å²) in [4.78, 5) is 12.4. The molecule has 2 aromatic carbocycles. The Morgan fingerprint density at radius 3 is 2.62 bits per heavy atom. The lowest BCUT2D eigenvalue weighted by Crippen LogP contribution is -2.44. The number of anilines is 1. The van der Waals surface area contributed by atoms with Gasteiger partial charge in [-0.25, -0.2) is 0 Å². The van der Waals surface area contributed by atoms with Gasteiger partial charge >= 0.3 is 0 Å². The lowest BCUT2D eigenvalue weighted by Gasteiger charge is -2.25. The fraction of sp³-hybridized carbons (Fsp3) is 0.278. The van der Waals surface area contributed by atoms with Crippen molar-refractivity contribution in [1.29, 1.82) is 0 Å².